The van der Waals surface area contributed by atoms with Gasteiger partial charge in [-0.2, -0.15) is 0 Å². The first-order chi connectivity index (χ1) is 20.2. The lowest BCUT2D eigenvalue weighted by Gasteiger charge is -2.40. The number of hydrogen-bond acceptors (Lipinski definition) is 9. The third-order valence-corrected chi connectivity index (χ3v) is 9.16. The van der Waals surface area contributed by atoms with Crippen molar-refractivity contribution in [2.45, 2.75) is 63.5 Å². The number of allylic oxidation sites excluding steroid dienone is 1. The van der Waals surface area contributed by atoms with E-state index in [0.717, 1.165) is 13.1 Å². The molecule has 0 saturated carbocycles. The standard InChI is InChI=1S/C30H44N4O8/c1-19(2)21(18-35)34-26-28(38)33(12-11-32-13-15-40-16-14-32)10-6-9-30(26)25(27(34)37)24-22(42-30)7-4-5-8-23(36)31-17-20(3)41-29(24)39/h4,6-7,9,19-22,24-26,35H,5,8,10-18H2,1-3H3,(H,31,36)/b7-4-/t20-,21+,22-,24+,25+,26-,30+/m1/s1. The largest absolute Gasteiger partial charge is 0.460 e. The van der Waals surface area contributed by atoms with E-state index in [1.165, 1.54) is 4.90 Å². The summed E-state index contributed by atoms with van der Waals surface area (Å²) in [5.41, 5.74) is -1.42. The number of carbonyl (C=O) groups excluding carboxylic acids is 4. The van der Waals surface area contributed by atoms with Crippen LogP contribution in [0.5, 0.6) is 0 Å². The van der Waals surface area contributed by atoms with E-state index in [9.17, 15) is 24.3 Å². The monoisotopic (exact) mass is 588 g/mol. The van der Waals surface area contributed by atoms with Crippen LogP contribution in [0.3, 0.4) is 0 Å². The molecule has 3 amide bonds. The summed E-state index contributed by atoms with van der Waals surface area (Å²) < 4.78 is 17.9. The Hall–Kier alpha value is -2.80. The summed E-state index contributed by atoms with van der Waals surface area (Å²) in [4.78, 5) is 60.3. The molecule has 0 aromatic heterocycles. The van der Waals surface area contributed by atoms with E-state index < -0.39 is 53.6 Å². The number of ether oxygens (including phenoxy) is 3. The summed E-state index contributed by atoms with van der Waals surface area (Å²) in [6.07, 6.45) is 6.42. The van der Waals surface area contributed by atoms with Gasteiger partial charge in [-0.05, 0) is 19.3 Å². The van der Waals surface area contributed by atoms with E-state index in [4.69, 9.17) is 14.2 Å². The molecule has 12 nitrogen and oxygen atoms in total. The van der Waals surface area contributed by atoms with E-state index in [0.29, 0.717) is 39.3 Å². The number of morpholine rings is 1. The Morgan fingerprint density at radius 3 is 2.57 bits per heavy atom. The molecular formula is C30H44N4O8. The first kappa shape index (κ1) is 30.7. The van der Waals surface area contributed by atoms with Gasteiger partial charge in [-0.1, -0.05) is 38.2 Å². The van der Waals surface area contributed by atoms with Crippen molar-refractivity contribution in [2.24, 2.45) is 17.8 Å². The van der Waals surface area contributed by atoms with Gasteiger partial charge in [0.15, 0.2) is 0 Å². The highest BCUT2D eigenvalue weighted by molar-refractivity contribution is 5.99. The van der Waals surface area contributed by atoms with Crippen LogP contribution in [-0.2, 0) is 33.4 Å². The van der Waals surface area contributed by atoms with E-state index in [1.54, 1.807) is 30.1 Å². The second-order valence-electron chi connectivity index (χ2n) is 12.2. The van der Waals surface area contributed by atoms with Crippen LogP contribution < -0.4 is 5.32 Å². The number of aliphatic hydroxyl groups is 1. The zero-order chi connectivity index (χ0) is 30.0. The number of esters is 1. The van der Waals surface area contributed by atoms with E-state index in [2.05, 4.69) is 10.2 Å². The van der Waals surface area contributed by atoms with Crippen molar-refractivity contribution >= 4 is 23.7 Å². The van der Waals surface area contributed by atoms with E-state index in [-0.39, 0.29) is 37.3 Å². The zero-order valence-corrected chi connectivity index (χ0v) is 24.8. The summed E-state index contributed by atoms with van der Waals surface area (Å²) in [5, 5.41) is 13.2. The Bertz CT molecular complexity index is 1100. The molecule has 2 N–H and O–H groups in total. The average Bonchev–Trinajstić information content (AvgIpc) is 3.35. The maximum absolute atomic E-state index is 14.5. The highest BCUT2D eigenvalue weighted by Gasteiger charge is 2.72. The molecule has 0 aromatic carbocycles. The predicted molar refractivity (Wildman–Crippen MR) is 151 cm³/mol. The number of aliphatic hydroxyl groups excluding tert-OH is 1. The highest BCUT2D eigenvalue weighted by Crippen LogP contribution is 2.54. The van der Waals surface area contributed by atoms with Gasteiger partial charge in [-0.3, -0.25) is 24.1 Å². The minimum Gasteiger partial charge on any atom is -0.460 e. The Kier molecular flexibility index (Phi) is 9.36. The van der Waals surface area contributed by atoms with Crippen molar-refractivity contribution in [3.05, 3.63) is 24.3 Å². The lowest BCUT2D eigenvalue weighted by molar-refractivity contribution is -0.160. The third-order valence-electron chi connectivity index (χ3n) is 9.16. The molecule has 5 aliphatic heterocycles. The molecule has 5 rings (SSSR count). The van der Waals surface area contributed by atoms with Gasteiger partial charge in [-0.25, -0.2) is 0 Å². The van der Waals surface area contributed by atoms with Gasteiger partial charge < -0.3 is 34.4 Å². The lowest BCUT2D eigenvalue weighted by atomic mass is 9.78. The predicted octanol–water partition coefficient (Wildman–Crippen LogP) is -0.287. The molecule has 12 heteroatoms. The van der Waals surface area contributed by atoms with Crippen LogP contribution in [0.4, 0.5) is 0 Å². The number of cyclic esters (lactones) is 1. The number of rotatable bonds is 6. The van der Waals surface area contributed by atoms with Crippen LogP contribution in [0.15, 0.2) is 24.3 Å². The molecule has 1 spiro atoms. The number of carbonyl (C=O) groups is 4. The van der Waals surface area contributed by atoms with Gasteiger partial charge >= 0.3 is 5.97 Å². The van der Waals surface area contributed by atoms with Crippen molar-refractivity contribution in [2.75, 3.05) is 59.1 Å². The maximum Gasteiger partial charge on any atom is 0.313 e. The fourth-order valence-corrected chi connectivity index (χ4v) is 6.91. The number of fused-ring (bicyclic) bond motifs is 2. The van der Waals surface area contributed by atoms with Crippen LogP contribution in [0.25, 0.3) is 0 Å². The summed E-state index contributed by atoms with van der Waals surface area (Å²) in [5.74, 6) is -3.58. The summed E-state index contributed by atoms with van der Waals surface area (Å²) in [6.45, 7) is 9.66. The molecule has 42 heavy (non-hydrogen) atoms. The van der Waals surface area contributed by atoms with Gasteiger partial charge in [0.25, 0.3) is 0 Å². The molecule has 7 atom stereocenters. The number of likely N-dealkylation sites (tertiary alicyclic amines) is 1. The quantitative estimate of drug-likeness (QED) is 0.317. The van der Waals surface area contributed by atoms with Crippen LogP contribution in [-0.4, -0.2) is 132 Å². The Labute approximate surface area is 247 Å². The third kappa shape index (κ3) is 5.73. The topological polar surface area (TPSA) is 138 Å². The van der Waals surface area contributed by atoms with Crippen LogP contribution in [0.1, 0.15) is 33.6 Å². The van der Waals surface area contributed by atoms with Crippen LogP contribution >= 0.6 is 0 Å². The molecule has 3 fully saturated rings. The molecule has 0 unspecified atom stereocenters. The lowest BCUT2D eigenvalue weighted by Crippen LogP contribution is -2.59. The Balaban J connectivity index is 1.52. The van der Waals surface area contributed by atoms with E-state index in [1.807, 2.05) is 19.9 Å². The number of hydrogen-bond donors (Lipinski definition) is 2. The molecule has 0 radical (unpaired) electrons. The molecular weight excluding hydrogens is 544 g/mol. The SMILES string of the molecule is CC(C)[C@H](CO)N1C(=O)[C@@H]2[C@H]3C(=O)O[C@H](C)CNC(=O)CC/C=C\[C@H]3O[C@@]23C=CCN(CCN2CCOCC2)C(=O)[C@@H]13. The summed E-state index contributed by atoms with van der Waals surface area (Å²) >= 11 is 0. The molecule has 5 aliphatic rings. The summed E-state index contributed by atoms with van der Waals surface area (Å²) in [7, 11) is 0. The van der Waals surface area contributed by atoms with Gasteiger partial charge in [0.1, 0.15) is 23.7 Å². The molecule has 0 aliphatic carbocycles. The first-order valence-corrected chi connectivity index (χ1v) is 15.2. The van der Waals surface area contributed by atoms with Gasteiger partial charge in [0.2, 0.25) is 17.7 Å². The van der Waals surface area contributed by atoms with Crippen molar-refractivity contribution in [1.82, 2.24) is 20.0 Å². The second kappa shape index (κ2) is 12.8. The minimum atomic E-state index is -1.42. The van der Waals surface area contributed by atoms with Crippen molar-refractivity contribution in [3.63, 3.8) is 0 Å². The molecule has 0 bridgehead atoms. The number of nitrogens with one attached hydrogen (secondary N) is 1. The molecule has 3 saturated heterocycles. The van der Waals surface area contributed by atoms with Gasteiger partial charge in [0, 0.05) is 39.1 Å². The van der Waals surface area contributed by atoms with Gasteiger partial charge in [-0.15, -0.1) is 0 Å². The van der Waals surface area contributed by atoms with Crippen LogP contribution in [0, 0.1) is 17.8 Å². The first-order valence-electron chi connectivity index (χ1n) is 15.2. The second-order valence-corrected chi connectivity index (χ2v) is 12.2. The molecule has 0 aromatic rings. The van der Waals surface area contributed by atoms with Crippen LogP contribution in [0.2, 0.25) is 0 Å². The Morgan fingerprint density at radius 1 is 1.10 bits per heavy atom. The highest BCUT2D eigenvalue weighted by atomic mass is 16.6. The fourth-order valence-electron chi connectivity index (χ4n) is 6.91. The Morgan fingerprint density at radius 2 is 1.86 bits per heavy atom. The van der Waals surface area contributed by atoms with Crippen molar-refractivity contribution in [3.8, 4) is 0 Å². The zero-order valence-electron chi connectivity index (χ0n) is 24.8. The van der Waals surface area contributed by atoms with Crippen molar-refractivity contribution in [1.29, 1.82) is 0 Å². The normalized spacial score (nSPS) is 35.9. The fraction of sp³-hybridized carbons (Fsp3) is 0.733. The number of amides is 3. The smallest absolute Gasteiger partial charge is 0.313 e. The molecule has 5 heterocycles. The average molecular weight is 589 g/mol. The molecule has 232 valence electrons. The van der Waals surface area contributed by atoms with E-state index >= 15 is 0 Å². The maximum atomic E-state index is 14.5. The van der Waals surface area contributed by atoms with Crippen molar-refractivity contribution < 1.29 is 38.5 Å². The summed E-state index contributed by atoms with van der Waals surface area (Å²) in [6, 6.07) is -1.70. The van der Waals surface area contributed by atoms with Gasteiger partial charge in [0.05, 0.1) is 44.4 Å². The minimum absolute atomic E-state index is 0.147. The number of nitrogens with zero attached hydrogens (tertiary/aromatic N) is 3.